The molecular weight excluding hydrogens is 402 g/mol. The molecule has 7 heteroatoms. The largest absolute Gasteiger partial charge is 0.480 e. The maximum atomic E-state index is 5.54. The number of benzene rings is 1. The number of methoxy groups -OCH3 is 1. The van der Waals surface area contributed by atoms with E-state index in [0.717, 1.165) is 71.6 Å². The van der Waals surface area contributed by atoms with Crippen LogP contribution in [0.4, 0.5) is 0 Å². The van der Waals surface area contributed by atoms with Crippen LogP contribution >= 0.6 is 0 Å². The minimum Gasteiger partial charge on any atom is -0.480 e. The Hall–Kier alpha value is -3.32. The van der Waals surface area contributed by atoms with Crippen molar-refractivity contribution in [3.05, 3.63) is 54.5 Å². The fourth-order valence-corrected chi connectivity index (χ4v) is 4.28. The number of hydrogen-bond acceptors (Lipinski definition) is 6. The molecule has 0 aliphatic carbocycles. The maximum Gasteiger partial charge on any atom is 0.233 e. The summed E-state index contributed by atoms with van der Waals surface area (Å²) in [5.41, 5.74) is 6.02. The zero-order valence-corrected chi connectivity index (χ0v) is 18.7. The van der Waals surface area contributed by atoms with Crippen LogP contribution in [0.25, 0.3) is 33.3 Å². The first-order chi connectivity index (χ1) is 15.5. The van der Waals surface area contributed by atoms with E-state index in [1.54, 1.807) is 7.11 Å². The van der Waals surface area contributed by atoms with Gasteiger partial charge in [-0.2, -0.15) is 5.10 Å². The van der Waals surface area contributed by atoms with Crippen molar-refractivity contribution in [3.63, 3.8) is 0 Å². The molecule has 0 amide bonds. The van der Waals surface area contributed by atoms with Gasteiger partial charge in [0, 0.05) is 59.8 Å². The summed E-state index contributed by atoms with van der Waals surface area (Å²) in [6.07, 6.45) is 6.18. The molecule has 1 aliphatic rings. The Morgan fingerprint density at radius 1 is 1.06 bits per heavy atom. The molecule has 164 valence electrons. The van der Waals surface area contributed by atoms with E-state index >= 15 is 0 Å². The highest BCUT2D eigenvalue weighted by Crippen LogP contribution is 2.34. The Balaban J connectivity index is 1.50. The van der Waals surface area contributed by atoms with Crippen LogP contribution in [0.1, 0.15) is 25.5 Å². The number of nitrogens with zero attached hydrogens (tertiary/aromatic N) is 5. The number of hydrogen-bond donors (Lipinski definition) is 0. The molecule has 1 aromatic carbocycles. The van der Waals surface area contributed by atoms with E-state index < -0.39 is 0 Å². The van der Waals surface area contributed by atoms with E-state index in [1.165, 1.54) is 0 Å². The van der Waals surface area contributed by atoms with Gasteiger partial charge in [0.15, 0.2) is 0 Å². The Morgan fingerprint density at radius 3 is 2.72 bits per heavy atom. The first kappa shape index (κ1) is 20.6. The number of fused-ring (bicyclic) bond motifs is 1. The van der Waals surface area contributed by atoms with Crippen LogP contribution in [0, 0.1) is 12.3 Å². The van der Waals surface area contributed by atoms with Gasteiger partial charge in [0.25, 0.3) is 0 Å². The molecule has 0 saturated carbocycles. The molecular formula is C25H27N5O2. The summed E-state index contributed by atoms with van der Waals surface area (Å²) in [6, 6.07) is 12.2. The van der Waals surface area contributed by atoms with Gasteiger partial charge in [-0.25, -0.2) is 0 Å². The van der Waals surface area contributed by atoms with Gasteiger partial charge in [0.2, 0.25) is 5.88 Å². The highest BCUT2D eigenvalue weighted by Gasteiger charge is 2.28. The molecule has 0 spiro atoms. The minimum atomic E-state index is 0.216. The molecule has 32 heavy (non-hydrogen) atoms. The fourth-order valence-electron chi connectivity index (χ4n) is 4.28. The molecule has 4 aromatic rings. The normalized spacial score (nSPS) is 15.7. The first-order valence-corrected chi connectivity index (χ1v) is 10.9. The molecule has 1 saturated heterocycles. The molecule has 3 aromatic heterocycles. The second-order valence-electron chi connectivity index (χ2n) is 8.86. The van der Waals surface area contributed by atoms with Crippen LogP contribution in [0.2, 0.25) is 0 Å². The lowest BCUT2D eigenvalue weighted by molar-refractivity contribution is 0.0139. The van der Waals surface area contributed by atoms with Gasteiger partial charge >= 0.3 is 0 Å². The Kier molecular flexibility index (Phi) is 5.35. The van der Waals surface area contributed by atoms with Crippen molar-refractivity contribution in [3.8, 4) is 28.3 Å². The van der Waals surface area contributed by atoms with Crippen LogP contribution in [-0.4, -0.2) is 45.3 Å². The van der Waals surface area contributed by atoms with Gasteiger partial charge < -0.3 is 9.47 Å². The Bertz CT molecular complexity index is 1260. The van der Waals surface area contributed by atoms with E-state index in [1.807, 2.05) is 37.4 Å². The standard InChI is InChI=1S/C25H27N5O2/c1-17-4-7-21(20-14-26-30(15-20)16-25(2)8-10-32-11-9-25)24(27-17)19-6-5-18-13-23(31-3)29-28-22(18)12-19/h4-7,12-15H,8-11,16H2,1-3H3. The number of aryl methyl sites for hydroxylation is 1. The zero-order valence-electron chi connectivity index (χ0n) is 18.7. The predicted octanol–water partition coefficient (Wildman–Crippen LogP) is 4.69. The van der Waals surface area contributed by atoms with Gasteiger partial charge in [-0.15, -0.1) is 10.2 Å². The van der Waals surface area contributed by atoms with Crippen molar-refractivity contribution in [1.82, 2.24) is 25.0 Å². The van der Waals surface area contributed by atoms with Crippen LogP contribution < -0.4 is 4.74 Å². The molecule has 4 heterocycles. The van der Waals surface area contributed by atoms with Crippen LogP contribution in [0.3, 0.4) is 0 Å². The van der Waals surface area contributed by atoms with Crippen molar-refractivity contribution in [2.45, 2.75) is 33.2 Å². The van der Waals surface area contributed by atoms with E-state index in [4.69, 9.17) is 14.5 Å². The molecule has 0 bridgehead atoms. The summed E-state index contributed by atoms with van der Waals surface area (Å²) in [5.74, 6) is 0.505. The summed E-state index contributed by atoms with van der Waals surface area (Å²) in [7, 11) is 1.59. The van der Waals surface area contributed by atoms with Crippen LogP contribution in [0.5, 0.6) is 5.88 Å². The molecule has 0 radical (unpaired) electrons. The van der Waals surface area contributed by atoms with Crippen LogP contribution in [-0.2, 0) is 11.3 Å². The second-order valence-corrected chi connectivity index (χ2v) is 8.86. The SMILES string of the molecule is COc1cc2ccc(-c3nc(C)ccc3-c3cnn(CC4(C)CCOCC4)c3)cc2nn1. The number of pyridine rings is 1. The van der Waals surface area contributed by atoms with E-state index in [-0.39, 0.29) is 5.41 Å². The zero-order chi connectivity index (χ0) is 22.1. The topological polar surface area (TPSA) is 75.0 Å². The molecule has 0 unspecified atom stereocenters. The van der Waals surface area contributed by atoms with Crippen molar-refractivity contribution in [2.24, 2.45) is 5.41 Å². The maximum absolute atomic E-state index is 5.54. The van der Waals surface area contributed by atoms with Crippen molar-refractivity contribution in [2.75, 3.05) is 20.3 Å². The Labute approximate surface area is 187 Å². The molecule has 0 N–H and O–H groups in total. The lowest BCUT2D eigenvalue weighted by atomic mass is 9.82. The summed E-state index contributed by atoms with van der Waals surface area (Å²) < 4.78 is 12.8. The first-order valence-electron chi connectivity index (χ1n) is 10.9. The van der Waals surface area contributed by atoms with Crippen molar-refractivity contribution in [1.29, 1.82) is 0 Å². The highest BCUT2D eigenvalue weighted by molar-refractivity contribution is 5.88. The van der Waals surface area contributed by atoms with Crippen LogP contribution in [0.15, 0.2) is 48.8 Å². The van der Waals surface area contributed by atoms with Gasteiger partial charge in [-0.1, -0.05) is 25.1 Å². The number of ether oxygens (including phenoxy) is 2. The predicted molar refractivity (Wildman–Crippen MR) is 123 cm³/mol. The Morgan fingerprint density at radius 2 is 1.91 bits per heavy atom. The van der Waals surface area contributed by atoms with Gasteiger partial charge in [-0.3, -0.25) is 9.67 Å². The summed E-state index contributed by atoms with van der Waals surface area (Å²) in [5, 5.41) is 14.1. The average Bonchev–Trinajstić information content (AvgIpc) is 3.26. The molecule has 7 nitrogen and oxygen atoms in total. The summed E-state index contributed by atoms with van der Waals surface area (Å²) >= 11 is 0. The summed E-state index contributed by atoms with van der Waals surface area (Å²) in [4.78, 5) is 4.87. The second kappa shape index (κ2) is 8.31. The molecule has 1 fully saturated rings. The molecule has 0 atom stereocenters. The fraction of sp³-hybridized carbons (Fsp3) is 0.360. The third-order valence-corrected chi connectivity index (χ3v) is 6.27. The monoisotopic (exact) mass is 429 g/mol. The molecule has 5 rings (SSSR count). The van der Waals surface area contributed by atoms with Crippen molar-refractivity contribution >= 4 is 10.9 Å². The minimum absolute atomic E-state index is 0.216. The van der Waals surface area contributed by atoms with Crippen molar-refractivity contribution < 1.29 is 9.47 Å². The van der Waals surface area contributed by atoms with Gasteiger partial charge in [0.1, 0.15) is 0 Å². The highest BCUT2D eigenvalue weighted by atomic mass is 16.5. The quantitative estimate of drug-likeness (QED) is 0.458. The third-order valence-electron chi connectivity index (χ3n) is 6.27. The lowest BCUT2D eigenvalue weighted by Crippen LogP contribution is -2.31. The van der Waals surface area contributed by atoms with Gasteiger partial charge in [-0.05, 0) is 37.3 Å². The van der Waals surface area contributed by atoms with E-state index in [0.29, 0.717) is 5.88 Å². The van der Waals surface area contributed by atoms with E-state index in [2.05, 4.69) is 45.2 Å². The lowest BCUT2D eigenvalue weighted by Gasteiger charge is -2.33. The molecule has 1 aliphatic heterocycles. The third kappa shape index (κ3) is 4.08. The van der Waals surface area contributed by atoms with Gasteiger partial charge in [0.05, 0.1) is 24.5 Å². The summed E-state index contributed by atoms with van der Waals surface area (Å²) in [6.45, 7) is 6.87. The smallest absolute Gasteiger partial charge is 0.233 e. The van der Waals surface area contributed by atoms with E-state index in [9.17, 15) is 0 Å². The number of rotatable bonds is 5. The number of aromatic nitrogens is 5. The average molecular weight is 430 g/mol.